The number of nitriles is 1. The van der Waals surface area contributed by atoms with Gasteiger partial charge in [0.25, 0.3) is 5.91 Å². The Labute approximate surface area is 137 Å². The average Bonchev–Trinajstić information content (AvgIpc) is 2.51. The Hall–Kier alpha value is -2.35. The Morgan fingerprint density at radius 3 is 2.14 bits per heavy atom. The van der Waals surface area contributed by atoms with Crippen molar-refractivity contribution < 1.29 is 9.59 Å². The second-order valence-corrected chi connectivity index (χ2v) is 5.20. The van der Waals surface area contributed by atoms with Crippen molar-refractivity contribution in [3.05, 3.63) is 64.1 Å². The molecule has 110 valence electrons. The summed E-state index contributed by atoms with van der Waals surface area (Å²) >= 11 is 12.0. The minimum absolute atomic E-state index is 0.140. The lowest BCUT2D eigenvalue weighted by Crippen LogP contribution is -2.28. The molecule has 4 nitrogen and oxygen atoms in total. The van der Waals surface area contributed by atoms with Gasteiger partial charge in [-0.15, -0.1) is 0 Å². The molecule has 0 spiro atoms. The lowest BCUT2D eigenvalue weighted by molar-refractivity contribution is -0.135. The highest BCUT2D eigenvalue weighted by molar-refractivity contribution is 6.44. The Balaban J connectivity index is 2.26. The second kappa shape index (κ2) is 7.08. The molecule has 1 N–H and O–H groups in total. The molecule has 1 atom stereocenters. The predicted molar refractivity (Wildman–Crippen MR) is 84.9 cm³/mol. The zero-order chi connectivity index (χ0) is 16.1. The number of benzene rings is 2. The fourth-order valence-electron chi connectivity index (χ4n) is 1.89. The van der Waals surface area contributed by atoms with E-state index in [2.05, 4.69) is 5.32 Å². The number of para-hydroxylation sites is 1. The van der Waals surface area contributed by atoms with E-state index < -0.39 is 17.6 Å². The van der Waals surface area contributed by atoms with Gasteiger partial charge in [0.05, 0.1) is 6.07 Å². The quantitative estimate of drug-likeness (QED) is 0.865. The van der Waals surface area contributed by atoms with Crippen molar-refractivity contribution in [2.24, 2.45) is 0 Å². The lowest BCUT2D eigenvalue weighted by atomic mass is 9.95. The first kappa shape index (κ1) is 16.0. The first-order valence-corrected chi connectivity index (χ1v) is 7.04. The third-order valence-electron chi connectivity index (χ3n) is 2.94. The molecule has 6 heteroatoms. The Kier molecular flexibility index (Phi) is 5.16. The molecule has 2 rings (SSSR count). The molecule has 2 aromatic rings. The van der Waals surface area contributed by atoms with E-state index >= 15 is 0 Å². The SMILES string of the molecule is N#C[C@H](C(=O)C(=O)Nc1ccccc1)c1c(Cl)cccc1Cl. The van der Waals surface area contributed by atoms with Crippen LogP contribution in [0.3, 0.4) is 0 Å². The Bertz CT molecular complexity index is 734. The minimum Gasteiger partial charge on any atom is -0.319 e. The van der Waals surface area contributed by atoms with Crippen LogP contribution in [0, 0.1) is 11.3 Å². The largest absolute Gasteiger partial charge is 0.319 e. The van der Waals surface area contributed by atoms with Gasteiger partial charge in [-0.2, -0.15) is 5.26 Å². The molecule has 0 radical (unpaired) electrons. The number of Topliss-reactive ketones (excluding diaryl/α,β-unsaturated/α-hetero) is 1. The zero-order valence-electron chi connectivity index (χ0n) is 11.2. The maximum atomic E-state index is 12.2. The summed E-state index contributed by atoms with van der Waals surface area (Å²) in [5.74, 6) is -3.17. The van der Waals surface area contributed by atoms with E-state index in [1.54, 1.807) is 42.5 Å². The second-order valence-electron chi connectivity index (χ2n) is 4.38. The maximum Gasteiger partial charge on any atom is 0.293 e. The molecule has 0 aliphatic rings. The number of hydrogen-bond donors (Lipinski definition) is 1. The highest BCUT2D eigenvalue weighted by Gasteiger charge is 2.30. The molecular weight excluding hydrogens is 323 g/mol. The summed E-state index contributed by atoms with van der Waals surface area (Å²) in [7, 11) is 0. The highest BCUT2D eigenvalue weighted by atomic mass is 35.5. The number of carbonyl (C=O) groups is 2. The molecular formula is C16H10Cl2N2O2. The van der Waals surface area contributed by atoms with Crippen LogP contribution in [0.15, 0.2) is 48.5 Å². The van der Waals surface area contributed by atoms with Crippen molar-refractivity contribution in [2.45, 2.75) is 5.92 Å². The van der Waals surface area contributed by atoms with E-state index in [0.29, 0.717) is 5.69 Å². The molecule has 0 saturated carbocycles. The van der Waals surface area contributed by atoms with Crippen molar-refractivity contribution in [3.63, 3.8) is 0 Å². The van der Waals surface area contributed by atoms with Crippen molar-refractivity contribution in [2.75, 3.05) is 5.32 Å². The van der Waals surface area contributed by atoms with E-state index in [0.717, 1.165) is 0 Å². The number of hydrogen-bond acceptors (Lipinski definition) is 3. The third-order valence-corrected chi connectivity index (χ3v) is 3.59. The number of amides is 1. The van der Waals surface area contributed by atoms with E-state index in [4.69, 9.17) is 23.2 Å². The van der Waals surface area contributed by atoms with Gasteiger partial charge < -0.3 is 5.32 Å². The van der Waals surface area contributed by atoms with Crippen LogP contribution in [0.1, 0.15) is 11.5 Å². The van der Waals surface area contributed by atoms with Gasteiger partial charge in [0.15, 0.2) is 0 Å². The van der Waals surface area contributed by atoms with Gasteiger partial charge in [-0.25, -0.2) is 0 Å². The molecule has 0 aliphatic heterocycles. The summed E-state index contributed by atoms with van der Waals surface area (Å²) in [6, 6.07) is 14.9. The Morgan fingerprint density at radius 1 is 1.00 bits per heavy atom. The van der Waals surface area contributed by atoms with Crippen LogP contribution in [0.25, 0.3) is 0 Å². The molecule has 0 aromatic heterocycles. The van der Waals surface area contributed by atoms with Crippen LogP contribution in [-0.4, -0.2) is 11.7 Å². The summed E-state index contributed by atoms with van der Waals surface area (Å²) in [5.41, 5.74) is 0.601. The fraction of sp³-hybridized carbons (Fsp3) is 0.0625. The van der Waals surface area contributed by atoms with Gasteiger partial charge in [0.1, 0.15) is 5.92 Å². The van der Waals surface area contributed by atoms with Crippen LogP contribution in [0.2, 0.25) is 10.0 Å². The standard InChI is InChI=1S/C16H10Cl2N2O2/c17-12-7-4-8-13(18)14(12)11(9-19)15(21)16(22)20-10-5-2-1-3-6-10/h1-8,11H,(H,20,22)/t11-/m0/s1. The molecule has 0 unspecified atom stereocenters. The zero-order valence-corrected chi connectivity index (χ0v) is 12.7. The highest BCUT2D eigenvalue weighted by Crippen LogP contribution is 2.32. The monoisotopic (exact) mass is 332 g/mol. The van der Waals surface area contributed by atoms with E-state index in [1.807, 2.05) is 0 Å². The van der Waals surface area contributed by atoms with Gasteiger partial charge >= 0.3 is 0 Å². The van der Waals surface area contributed by atoms with Crippen LogP contribution in [-0.2, 0) is 9.59 Å². The van der Waals surface area contributed by atoms with Crippen LogP contribution >= 0.6 is 23.2 Å². The van der Waals surface area contributed by atoms with Gasteiger partial charge in [0, 0.05) is 21.3 Å². The Morgan fingerprint density at radius 2 is 1.59 bits per heavy atom. The number of anilines is 1. The first-order valence-electron chi connectivity index (χ1n) is 6.28. The van der Waals surface area contributed by atoms with Gasteiger partial charge in [0.2, 0.25) is 5.78 Å². The predicted octanol–water partition coefficient (Wildman–Crippen LogP) is 3.81. The minimum atomic E-state index is -1.36. The smallest absolute Gasteiger partial charge is 0.293 e. The fourth-order valence-corrected chi connectivity index (χ4v) is 2.50. The van der Waals surface area contributed by atoms with Crippen molar-refractivity contribution in [3.8, 4) is 6.07 Å². The number of carbonyl (C=O) groups excluding carboxylic acids is 2. The molecule has 0 saturated heterocycles. The lowest BCUT2D eigenvalue weighted by Gasteiger charge is -2.12. The summed E-state index contributed by atoms with van der Waals surface area (Å²) in [4.78, 5) is 24.2. The van der Waals surface area contributed by atoms with Gasteiger partial charge in [-0.05, 0) is 24.3 Å². The van der Waals surface area contributed by atoms with E-state index in [1.165, 1.54) is 12.1 Å². The maximum absolute atomic E-state index is 12.2. The molecule has 0 fully saturated rings. The molecule has 1 amide bonds. The average molecular weight is 333 g/mol. The molecule has 2 aromatic carbocycles. The third kappa shape index (κ3) is 3.45. The van der Waals surface area contributed by atoms with Crippen LogP contribution in [0.5, 0.6) is 0 Å². The van der Waals surface area contributed by atoms with Crippen molar-refractivity contribution in [1.29, 1.82) is 5.26 Å². The molecule has 22 heavy (non-hydrogen) atoms. The van der Waals surface area contributed by atoms with E-state index in [-0.39, 0.29) is 15.6 Å². The topological polar surface area (TPSA) is 70.0 Å². The molecule has 0 aliphatic carbocycles. The van der Waals surface area contributed by atoms with E-state index in [9.17, 15) is 14.9 Å². The first-order chi connectivity index (χ1) is 10.5. The summed E-state index contributed by atoms with van der Waals surface area (Å²) in [6.07, 6.45) is 0. The van der Waals surface area contributed by atoms with Gasteiger partial charge in [-0.1, -0.05) is 47.5 Å². The summed E-state index contributed by atoms with van der Waals surface area (Å²) < 4.78 is 0. The molecule has 0 bridgehead atoms. The van der Waals surface area contributed by atoms with Crippen LogP contribution < -0.4 is 5.32 Å². The van der Waals surface area contributed by atoms with Crippen molar-refractivity contribution in [1.82, 2.24) is 0 Å². The summed E-state index contributed by atoms with van der Waals surface area (Å²) in [6.45, 7) is 0. The van der Waals surface area contributed by atoms with Crippen molar-refractivity contribution >= 4 is 40.6 Å². The van der Waals surface area contributed by atoms with Gasteiger partial charge in [-0.3, -0.25) is 9.59 Å². The number of rotatable bonds is 4. The normalized spacial score (nSPS) is 11.3. The number of halogens is 2. The van der Waals surface area contributed by atoms with Crippen LogP contribution in [0.4, 0.5) is 5.69 Å². The number of ketones is 1. The molecule has 0 heterocycles. The summed E-state index contributed by atoms with van der Waals surface area (Å²) in [5, 5.41) is 12.0. The number of nitrogens with zero attached hydrogens (tertiary/aromatic N) is 1. The number of nitrogens with one attached hydrogen (secondary N) is 1.